The average molecular weight is 290 g/mol. The van der Waals surface area contributed by atoms with Crippen molar-refractivity contribution in [3.05, 3.63) is 30.1 Å². The second-order valence-electron chi connectivity index (χ2n) is 5.85. The summed E-state index contributed by atoms with van der Waals surface area (Å²) in [6.07, 6.45) is 4.54. The Morgan fingerprint density at radius 2 is 2.19 bits per heavy atom. The molecule has 0 aromatic carbocycles. The van der Waals surface area contributed by atoms with Crippen LogP contribution in [0.5, 0.6) is 0 Å². The van der Waals surface area contributed by atoms with Crippen molar-refractivity contribution in [2.24, 2.45) is 5.92 Å². The number of likely N-dealkylation sites (tertiary alicyclic amines) is 1. The number of hydrogen-bond acceptors (Lipinski definition) is 3. The molecule has 0 saturated carbocycles. The molecule has 1 fully saturated rings. The van der Waals surface area contributed by atoms with E-state index in [0.717, 1.165) is 31.6 Å². The highest BCUT2D eigenvalue weighted by Gasteiger charge is 2.30. The SMILES string of the molecule is CCN1CC[C@@H](N(C)C(=O)NCc2ccncc2)[C@H](C)C1. The molecule has 5 heteroatoms. The van der Waals surface area contributed by atoms with Crippen LogP contribution < -0.4 is 5.32 Å². The highest BCUT2D eigenvalue weighted by Crippen LogP contribution is 2.21. The van der Waals surface area contributed by atoms with Crippen molar-refractivity contribution in [3.8, 4) is 0 Å². The summed E-state index contributed by atoms with van der Waals surface area (Å²) < 4.78 is 0. The summed E-state index contributed by atoms with van der Waals surface area (Å²) >= 11 is 0. The van der Waals surface area contributed by atoms with E-state index in [0.29, 0.717) is 18.5 Å². The van der Waals surface area contributed by atoms with Gasteiger partial charge in [-0.3, -0.25) is 4.98 Å². The fourth-order valence-electron chi connectivity index (χ4n) is 3.04. The molecule has 0 spiro atoms. The quantitative estimate of drug-likeness (QED) is 0.922. The molecule has 0 bridgehead atoms. The van der Waals surface area contributed by atoms with Crippen LogP contribution in [0.4, 0.5) is 4.79 Å². The smallest absolute Gasteiger partial charge is 0.317 e. The van der Waals surface area contributed by atoms with Crippen LogP contribution in [0, 0.1) is 5.92 Å². The Kier molecular flexibility index (Phi) is 5.56. The highest BCUT2D eigenvalue weighted by molar-refractivity contribution is 5.74. The lowest BCUT2D eigenvalue weighted by atomic mass is 9.93. The Labute approximate surface area is 127 Å². The highest BCUT2D eigenvalue weighted by atomic mass is 16.2. The van der Waals surface area contributed by atoms with E-state index >= 15 is 0 Å². The van der Waals surface area contributed by atoms with Gasteiger partial charge in [0, 0.05) is 45.1 Å². The number of carbonyl (C=O) groups is 1. The zero-order valence-electron chi connectivity index (χ0n) is 13.2. The standard InChI is InChI=1S/C16H26N4O/c1-4-20-10-7-15(13(2)12-20)19(3)16(21)18-11-14-5-8-17-9-6-14/h5-6,8-9,13,15H,4,7,10-12H2,1-3H3,(H,18,21)/t13-,15-/m1/s1. The number of carbonyl (C=O) groups excluding carboxylic acids is 1. The van der Waals surface area contributed by atoms with E-state index in [1.165, 1.54) is 0 Å². The van der Waals surface area contributed by atoms with Crippen molar-refractivity contribution in [1.29, 1.82) is 0 Å². The Hall–Kier alpha value is -1.62. The molecule has 1 aromatic rings. The first-order chi connectivity index (χ1) is 10.1. The van der Waals surface area contributed by atoms with Crippen LogP contribution in [0.2, 0.25) is 0 Å². The summed E-state index contributed by atoms with van der Waals surface area (Å²) in [6.45, 7) is 8.22. The molecular formula is C16H26N4O. The van der Waals surface area contributed by atoms with Crippen molar-refractivity contribution >= 4 is 6.03 Å². The van der Waals surface area contributed by atoms with Crippen LogP contribution in [-0.2, 0) is 6.54 Å². The van der Waals surface area contributed by atoms with Gasteiger partial charge in [-0.2, -0.15) is 0 Å². The van der Waals surface area contributed by atoms with Gasteiger partial charge in [0.05, 0.1) is 0 Å². The van der Waals surface area contributed by atoms with Crippen LogP contribution in [0.15, 0.2) is 24.5 Å². The van der Waals surface area contributed by atoms with Gasteiger partial charge in [0.25, 0.3) is 0 Å². The molecule has 116 valence electrons. The second-order valence-corrected chi connectivity index (χ2v) is 5.85. The third-order valence-electron chi connectivity index (χ3n) is 4.40. The maximum Gasteiger partial charge on any atom is 0.317 e. The lowest BCUT2D eigenvalue weighted by Gasteiger charge is -2.40. The molecule has 2 amide bonds. The topological polar surface area (TPSA) is 48.5 Å². The Morgan fingerprint density at radius 1 is 1.48 bits per heavy atom. The minimum atomic E-state index is 0.00797. The van der Waals surface area contributed by atoms with Gasteiger partial charge in [0.1, 0.15) is 0 Å². The predicted molar refractivity (Wildman–Crippen MR) is 83.9 cm³/mol. The van der Waals surface area contributed by atoms with Gasteiger partial charge in [-0.25, -0.2) is 4.79 Å². The summed E-state index contributed by atoms with van der Waals surface area (Å²) in [6, 6.07) is 4.17. The molecule has 1 aliphatic rings. The van der Waals surface area contributed by atoms with E-state index in [2.05, 4.69) is 29.0 Å². The molecule has 2 heterocycles. The number of aromatic nitrogens is 1. The summed E-state index contributed by atoms with van der Waals surface area (Å²) in [5.74, 6) is 0.510. The average Bonchev–Trinajstić information content (AvgIpc) is 2.52. The summed E-state index contributed by atoms with van der Waals surface area (Å²) in [7, 11) is 1.91. The zero-order valence-corrected chi connectivity index (χ0v) is 13.2. The largest absolute Gasteiger partial charge is 0.334 e. The molecule has 0 unspecified atom stereocenters. The number of nitrogens with one attached hydrogen (secondary N) is 1. The van der Waals surface area contributed by atoms with E-state index in [1.54, 1.807) is 12.4 Å². The number of piperidine rings is 1. The Morgan fingerprint density at radius 3 is 2.81 bits per heavy atom. The zero-order chi connectivity index (χ0) is 15.2. The van der Waals surface area contributed by atoms with Gasteiger partial charge in [-0.15, -0.1) is 0 Å². The minimum Gasteiger partial charge on any atom is -0.334 e. The molecule has 2 rings (SSSR count). The van der Waals surface area contributed by atoms with Crippen LogP contribution in [-0.4, -0.2) is 53.5 Å². The van der Waals surface area contributed by atoms with Gasteiger partial charge >= 0.3 is 6.03 Å². The third-order valence-corrected chi connectivity index (χ3v) is 4.40. The van der Waals surface area contributed by atoms with E-state index in [-0.39, 0.29) is 6.03 Å². The van der Waals surface area contributed by atoms with Gasteiger partial charge in [0.2, 0.25) is 0 Å². The van der Waals surface area contributed by atoms with Crippen LogP contribution in [0.1, 0.15) is 25.8 Å². The Bertz CT molecular complexity index is 451. The molecule has 1 aliphatic heterocycles. The first-order valence-corrected chi connectivity index (χ1v) is 7.73. The van der Waals surface area contributed by atoms with Gasteiger partial charge in [-0.1, -0.05) is 13.8 Å². The maximum absolute atomic E-state index is 12.3. The number of hydrogen-bond donors (Lipinski definition) is 1. The van der Waals surface area contributed by atoms with E-state index in [9.17, 15) is 4.79 Å². The van der Waals surface area contributed by atoms with Crippen molar-refractivity contribution in [3.63, 3.8) is 0 Å². The van der Waals surface area contributed by atoms with Crippen molar-refractivity contribution in [2.75, 3.05) is 26.7 Å². The Balaban J connectivity index is 1.84. The summed E-state index contributed by atoms with van der Waals surface area (Å²) in [5.41, 5.74) is 1.07. The fraction of sp³-hybridized carbons (Fsp3) is 0.625. The number of urea groups is 1. The normalized spacial score (nSPS) is 22.8. The lowest BCUT2D eigenvalue weighted by molar-refractivity contribution is 0.0962. The van der Waals surface area contributed by atoms with Crippen molar-refractivity contribution in [2.45, 2.75) is 32.9 Å². The van der Waals surface area contributed by atoms with E-state index < -0.39 is 0 Å². The summed E-state index contributed by atoms with van der Waals surface area (Å²) in [5, 5.41) is 2.99. The number of amides is 2. The predicted octanol–water partition coefficient (Wildman–Crippen LogP) is 1.95. The van der Waals surface area contributed by atoms with E-state index in [1.807, 2.05) is 24.1 Å². The monoisotopic (exact) mass is 290 g/mol. The molecular weight excluding hydrogens is 264 g/mol. The van der Waals surface area contributed by atoms with E-state index in [4.69, 9.17) is 0 Å². The third kappa shape index (κ3) is 4.17. The molecule has 2 atom stereocenters. The molecule has 1 saturated heterocycles. The van der Waals surface area contributed by atoms with Crippen LogP contribution in [0.3, 0.4) is 0 Å². The lowest BCUT2D eigenvalue weighted by Crippen LogP contribution is -2.52. The number of nitrogens with zero attached hydrogens (tertiary/aromatic N) is 3. The number of pyridine rings is 1. The molecule has 0 radical (unpaired) electrons. The van der Waals surface area contributed by atoms with Gasteiger partial charge in [0.15, 0.2) is 0 Å². The van der Waals surface area contributed by atoms with Gasteiger partial charge < -0.3 is 15.1 Å². The molecule has 21 heavy (non-hydrogen) atoms. The van der Waals surface area contributed by atoms with Crippen LogP contribution in [0.25, 0.3) is 0 Å². The second kappa shape index (κ2) is 7.41. The summed E-state index contributed by atoms with van der Waals surface area (Å²) in [4.78, 5) is 20.6. The van der Waals surface area contributed by atoms with Crippen LogP contribution >= 0.6 is 0 Å². The molecule has 1 aromatic heterocycles. The number of rotatable bonds is 4. The maximum atomic E-state index is 12.3. The van der Waals surface area contributed by atoms with Gasteiger partial charge in [-0.05, 0) is 36.6 Å². The minimum absolute atomic E-state index is 0.00797. The van der Waals surface area contributed by atoms with Crippen molar-refractivity contribution in [1.82, 2.24) is 20.1 Å². The first-order valence-electron chi connectivity index (χ1n) is 7.73. The molecule has 0 aliphatic carbocycles. The molecule has 1 N–H and O–H groups in total. The van der Waals surface area contributed by atoms with Crippen molar-refractivity contribution < 1.29 is 4.79 Å². The first kappa shape index (κ1) is 15.8. The molecule has 5 nitrogen and oxygen atoms in total. The fourth-order valence-corrected chi connectivity index (χ4v) is 3.04.